The Morgan fingerprint density at radius 2 is 0.774 bits per heavy atom. The molecule has 12 nitrogen and oxygen atoms in total. The van der Waals surface area contributed by atoms with Crippen molar-refractivity contribution in [1.82, 2.24) is 0 Å². The van der Waals surface area contributed by atoms with Crippen molar-refractivity contribution < 1.29 is 59.4 Å². The van der Waals surface area contributed by atoms with Gasteiger partial charge < -0.3 is 30.6 Å². The number of carboxylic acids is 6. The molecule has 31 heavy (non-hydrogen) atoms. The summed E-state index contributed by atoms with van der Waals surface area (Å²) in [5, 5.41) is 56.4. The molecule has 0 atom stereocenters. The van der Waals surface area contributed by atoms with Crippen LogP contribution in [0.2, 0.25) is 0 Å². The zero-order chi connectivity index (χ0) is 23.7. The van der Waals surface area contributed by atoms with Crippen molar-refractivity contribution in [3.05, 3.63) is 69.8 Å². The van der Waals surface area contributed by atoms with Gasteiger partial charge in [0.05, 0.1) is 22.3 Å². The molecular weight excluding hydrogens is 420 g/mol. The minimum atomic E-state index is -3.08. The minimum Gasteiger partial charge on any atom is -0.480 e. The quantitative estimate of drug-likeness (QED) is 0.320. The molecule has 0 aliphatic heterocycles. The smallest absolute Gasteiger partial charge is 0.336 e. The average molecular weight is 432 g/mol. The molecule has 0 amide bonds. The summed E-state index contributed by atoms with van der Waals surface area (Å²) in [4.78, 5) is 69.7. The number of rotatable bonds is 8. The highest BCUT2D eigenvalue weighted by Gasteiger charge is 2.51. The first-order valence-corrected chi connectivity index (χ1v) is 8.04. The van der Waals surface area contributed by atoms with E-state index in [0.29, 0.717) is 24.3 Å². The molecular formula is C19H12O12. The number of hydrogen-bond donors (Lipinski definition) is 6. The lowest BCUT2D eigenvalue weighted by atomic mass is 9.73. The fraction of sp³-hybridized carbons (Fsp3) is 0.0526. The Morgan fingerprint density at radius 3 is 1.00 bits per heavy atom. The molecule has 2 aromatic rings. The Labute approximate surface area is 171 Å². The number of carbonyl (C=O) groups is 6. The summed E-state index contributed by atoms with van der Waals surface area (Å²) in [6.07, 6.45) is 0. The van der Waals surface area contributed by atoms with Gasteiger partial charge in [-0.1, -0.05) is 12.1 Å². The summed E-state index contributed by atoms with van der Waals surface area (Å²) in [5.74, 6) is -11.0. The minimum absolute atomic E-state index is 0.541. The Hall–Kier alpha value is -4.74. The lowest BCUT2D eigenvalue weighted by molar-refractivity contribution is -0.155. The number of aromatic carboxylic acids is 4. The molecule has 0 heterocycles. The molecule has 12 heteroatoms. The summed E-state index contributed by atoms with van der Waals surface area (Å²) in [6.45, 7) is 0. The van der Waals surface area contributed by atoms with E-state index < -0.39 is 74.6 Å². The van der Waals surface area contributed by atoms with E-state index in [2.05, 4.69) is 0 Å². The van der Waals surface area contributed by atoms with Crippen molar-refractivity contribution in [1.29, 1.82) is 0 Å². The Kier molecular flexibility index (Phi) is 5.78. The highest BCUT2D eigenvalue weighted by atomic mass is 16.4. The SMILES string of the molecule is O=C(O)c1ccc(C(C(=O)O)(C(=O)O)c2ccc(C(=O)O)c(C(=O)O)c2)cc1C(=O)O. The Morgan fingerprint density at radius 1 is 0.484 bits per heavy atom. The van der Waals surface area contributed by atoms with Crippen molar-refractivity contribution >= 4 is 35.8 Å². The third-order valence-corrected chi connectivity index (χ3v) is 4.47. The van der Waals surface area contributed by atoms with Gasteiger partial charge in [0.25, 0.3) is 0 Å². The molecule has 0 aliphatic carbocycles. The predicted octanol–water partition coefficient (Wildman–Crippen LogP) is 0.935. The van der Waals surface area contributed by atoms with Crippen LogP contribution in [0, 0.1) is 0 Å². The van der Waals surface area contributed by atoms with Crippen LogP contribution in [0.15, 0.2) is 36.4 Å². The third kappa shape index (κ3) is 3.64. The normalized spacial score (nSPS) is 10.8. The lowest BCUT2D eigenvalue weighted by Gasteiger charge is -2.27. The summed E-state index contributed by atoms with van der Waals surface area (Å²) >= 11 is 0. The van der Waals surface area contributed by atoms with Crippen LogP contribution < -0.4 is 0 Å². The van der Waals surface area contributed by atoms with Crippen molar-refractivity contribution in [2.45, 2.75) is 5.41 Å². The molecule has 6 N–H and O–H groups in total. The first-order chi connectivity index (χ1) is 14.3. The number of aliphatic carboxylic acids is 2. The van der Waals surface area contributed by atoms with Gasteiger partial charge in [-0.2, -0.15) is 0 Å². The molecule has 160 valence electrons. The second-order valence-electron chi connectivity index (χ2n) is 6.10. The molecule has 0 radical (unpaired) electrons. The lowest BCUT2D eigenvalue weighted by Crippen LogP contribution is -2.45. The van der Waals surface area contributed by atoms with E-state index in [0.717, 1.165) is 12.1 Å². The van der Waals surface area contributed by atoms with Crippen LogP contribution in [0.1, 0.15) is 52.6 Å². The van der Waals surface area contributed by atoms with Gasteiger partial charge in [0, 0.05) is 0 Å². The molecule has 0 spiro atoms. The van der Waals surface area contributed by atoms with Gasteiger partial charge >= 0.3 is 35.8 Å². The van der Waals surface area contributed by atoms with Gasteiger partial charge in [-0.15, -0.1) is 0 Å². The van der Waals surface area contributed by atoms with E-state index in [1.54, 1.807) is 0 Å². The predicted molar refractivity (Wildman–Crippen MR) is 96.8 cm³/mol. The van der Waals surface area contributed by atoms with Crippen molar-refractivity contribution in [3.63, 3.8) is 0 Å². The standard InChI is InChI=1S/C19H12O12/c20-13(21)9-3-1-7(5-11(9)15(24)25)19(17(28)29,18(30)31)8-2-4-10(14(22)23)12(6-8)16(26)27/h1-6H,(H,20,21)(H,22,23)(H,24,25)(H,26,27)(H,28,29)(H,30,31). The van der Waals surface area contributed by atoms with E-state index in [9.17, 15) is 49.2 Å². The van der Waals surface area contributed by atoms with Gasteiger partial charge in [0.15, 0.2) is 0 Å². The summed E-state index contributed by atoms with van der Waals surface area (Å²) < 4.78 is 0. The number of benzene rings is 2. The van der Waals surface area contributed by atoms with E-state index in [1.165, 1.54) is 0 Å². The second-order valence-corrected chi connectivity index (χ2v) is 6.10. The van der Waals surface area contributed by atoms with E-state index in [4.69, 9.17) is 10.2 Å². The van der Waals surface area contributed by atoms with Crippen molar-refractivity contribution in [3.8, 4) is 0 Å². The molecule has 2 rings (SSSR count). The maximum atomic E-state index is 12.2. The number of carboxylic acid groups (broad SMARTS) is 6. The molecule has 0 aromatic heterocycles. The van der Waals surface area contributed by atoms with Gasteiger partial charge in [-0.25, -0.2) is 19.2 Å². The van der Waals surface area contributed by atoms with Gasteiger partial charge in [-0.3, -0.25) is 9.59 Å². The Bertz CT molecular complexity index is 1070. The van der Waals surface area contributed by atoms with Gasteiger partial charge in [0.1, 0.15) is 0 Å². The van der Waals surface area contributed by atoms with E-state index in [1.807, 2.05) is 0 Å². The maximum Gasteiger partial charge on any atom is 0.336 e. The van der Waals surface area contributed by atoms with E-state index >= 15 is 0 Å². The van der Waals surface area contributed by atoms with Crippen LogP contribution >= 0.6 is 0 Å². The molecule has 0 bridgehead atoms. The Balaban J connectivity index is 2.98. The largest absolute Gasteiger partial charge is 0.480 e. The molecule has 2 aromatic carbocycles. The molecule has 0 unspecified atom stereocenters. The average Bonchev–Trinajstić information content (AvgIpc) is 2.67. The third-order valence-electron chi connectivity index (χ3n) is 4.47. The van der Waals surface area contributed by atoms with Crippen LogP contribution in [0.25, 0.3) is 0 Å². The van der Waals surface area contributed by atoms with Crippen LogP contribution in [0.5, 0.6) is 0 Å². The van der Waals surface area contributed by atoms with Crippen LogP contribution in [0.4, 0.5) is 0 Å². The van der Waals surface area contributed by atoms with Crippen molar-refractivity contribution in [2.24, 2.45) is 0 Å². The fourth-order valence-electron chi connectivity index (χ4n) is 3.03. The molecule has 0 saturated heterocycles. The second kappa shape index (κ2) is 7.94. The van der Waals surface area contributed by atoms with Crippen LogP contribution in [0.3, 0.4) is 0 Å². The molecule has 0 aliphatic rings. The summed E-state index contributed by atoms with van der Waals surface area (Å²) in [6, 6.07) is 4.02. The zero-order valence-electron chi connectivity index (χ0n) is 15.1. The molecule has 0 saturated carbocycles. The van der Waals surface area contributed by atoms with Crippen LogP contribution in [-0.4, -0.2) is 66.5 Å². The monoisotopic (exact) mass is 432 g/mol. The molecule has 0 fully saturated rings. The first kappa shape index (κ1) is 22.5. The topological polar surface area (TPSA) is 224 Å². The van der Waals surface area contributed by atoms with Crippen molar-refractivity contribution in [2.75, 3.05) is 0 Å². The summed E-state index contributed by atoms with van der Waals surface area (Å²) in [5.41, 5.74) is -7.77. The van der Waals surface area contributed by atoms with Gasteiger partial charge in [0.2, 0.25) is 5.41 Å². The number of hydrogen-bond acceptors (Lipinski definition) is 6. The van der Waals surface area contributed by atoms with Crippen LogP contribution in [-0.2, 0) is 15.0 Å². The highest BCUT2D eigenvalue weighted by molar-refractivity contribution is 6.11. The summed E-state index contributed by atoms with van der Waals surface area (Å²) in [7, 11) is 0. The first-order valence-electron chi connectivity index (χ1n) is 8.04. The fourth-order valence-corrected chi connectivity index (χ4v) is 3.03. The van der Waals surface area contributed by atoms with Gasteiger partial charge in [-0.05, 0) is 35.4 Å². The highest BCUT2D eigenvalue weighted by Crippen LogP contribution is 2.36. The maximum absolute atomic E-state index is 12.2. The van der Waals surface area contributed by atoms with E-state index in [-0.39, 0.29) is 0 Å². The zero-order valence-corrected chi connectivity index (χ0v) is 15.1.